The second-order valence-corrected chi connectivity index (χ2v) is 2.58. The molecule has 0 saturated heterocycles. The third-order valence-electron chi connectivity index (χ3n) is 1.34. The van der Waals surface area contributed by atoms with E-state index in [0.717, 1.165) is 0 Å². The summed E-state index contributed by atoms with van der Waals surface area (Å²) in [5.74, 6) is 0. The maximum absolute atomic E-state index is 8.55. The van der Waals surface area contributed by atoms with Crippen LogP contribution in [0, 0.1) is 0 Å². The molecule has 1 atom stereocenters. The maximum Gasteiger partial charge on any atom is 0.0701 e. The average Bonchev–Trinajstić information content (AvgIpc) is 2.21. The minimum Gasteiger partial charge on any atom is -0.395 e. The molecule has 0 aliphatic heterocycles. The van der Waals surface area contributed by atoms with Crippen molar-refractivity contribution in [2.24, 2.45) is 10.8 Å². The lowest BCUT2D eigenvalue weighted by molar-refractivity contribution is 0.0393. The Labute approximate surface area is 82.4 Å². The van der Waals surface area contributed by atoms with Crippen LogP contribution in [0.4, 0.5) is 0 Å². The van der Waals surface area contributed by atoms with Crippen LogP contribution in [0.1, 0.15) is 0 Å². The zero-order valence-electron chi connectivity index (χ0n) is 8.00. The fourth-order valence-electron chi connectivity index (χ4n) is 0.657. The van der Waals surface area contributed by atoms with Gasteiger partial charge in [-0.25, -0.2) is 0 Å². The van der Waals surface area contributed by atoms with Crippen LogP contribution in [0.3, 0.4) is 0 Å². The van der Waals surface area contributed by atoms with Crippen LogP contribution in [-0.4, -0.2) is 50.7 Å². The molecule has 14 heavy (non-hydrogen) atoms. The van der Waals surface area contributed by atoms with Crippen LogP contribution in [0.5, 0.6) is 0 Å². The van der Waals surface area contributed by atoms with Crippen molar-refractivity contribution >= 4 is 0 Å². The van der Waals surface area contributed by atoms with Gasteiger partial charge >= 0.3 is 0 Å². The predicted molar refractivity (Wildman–Crippen MR) is 50.7 cm³/mol. The first kappa shape index (κ1) is 13.2. The SMILES string of the molecule is [N-]=[N+]=NCCOCCOCC(N)CO. The van der Waals surface area contributed by atoms with Crippen LogP contribution < -0.4 is 5.73 Å². The average molecular weight is 204 g/mol. The number of ether oxygens (including phenoxy) is 2. The van der Waals surface area contributed by atoms with E-state index in [-0.39, 0.29) is 12.6 Å². The smallest absolute Gasteiger partial charge is 0.0701 e. The Hall–Kier alpha value is -0.850. The molecule has 0 aromatic heterocycles. The van der Waals surface area contributed by atoms with E-state index in [4.69, 9.17) is 25.8 Å². The van der Waals surface area contributed by atoms with Gasteiger partial charge in [0.05, 0.1) is 39.1 Å². The number of hydrogen-bond acceptors (Lipinski definition) is 5. The van der Waals surface area contributed by atoms with E-state index >= 15 is 0 Å². The molecule has 3 N–H and O–H groups in total. The Kier molecular flexibility index (Phi) is 9.61. The van der Waals surface area contributed by atoms with E-state index in [2.05, 4.69) is 10.0 Å². The van der Waals surface area contributed by atoms with E-state index < -0.39 is 0 Å². The van der Waals surface area contributed by atoms with Crippen LogP contribution in [0.25, 0.3) is 10.4 Å². The Morgan fingerprint density at radius 3 is 2.71 bits per heavy atom. The fourth-order valence-corrected chi connectivity index (χ4v) is 0.657. The van der Waals surface area contributed by atoms with Gasteiger partial charge in [-0.2, -0.15) is 0 Å². The third-order valence-corrected chi connectivity index (χ3v) is 1.34. The summed E-state index contributed by atoms with van der Waals surface area (Å²) < 4.78 is 10.1. The summed E-state index contributed by atoms with van der Waals surface area (Å²) in [6.07, 6.45) is 0. The lowest BCUT2D eigenvalue weighted by atomic mass is 10.4. The van der Waals surface area contributed by atoms with E-state index in [1.807, 2.05) is 0 Å². The first-order chi connectivity index (χ1) is 6.81. The molecule has 0 aromatic rings. The summed E-state index contributed by atoms with van der Waals surface area (Å²) in [6, 6.07) is -0.335. The number of nitrogens with two attached hydrogens (primary N) is 1. The van der Waals surface area contributed by atoms with Crippen LogP contribution in [-0.2, 0) is 9.47 Å². The van der Waals surface area contributed by atoms with Gasteiger partial charge in [0, 0.05) is 11.5 Å². The molecule has 0 aliphatic rings. The molecule has 1 unspecified atom stereocenters. The summed E-state index contributed by atoms with van der Waals surface area (Å²) in [4.78, 5) is 2.57. The second kappa shape index (κ2) is 10.2. The van der Waals surface area contributed by atoms with Crippen molar-refractivity contribution in [3.8, 4) is 0 Å². The number of azide groups is 1. The largest absolute Gasteiger partial charge is 0.395 e. The summed E-state index contributed by atoms with van der Waals surface area (Å²) >= 11 is 0. The van der Waals surface area contributed by atoms with E-state index in [0.29, 0.717) is 33.0 Å². The zero-order valence-corrected chi connectivity index (χ0v) is 8.00. The Balaban J connectivity index is 3.02. The zero-order chi connectivity index (χ0) is 10.6. The summed E-state index contributed by atoms with van der Waals surface area (Å²) in [6.45, 7) is 1.79. The van der Waals surface area contributed by atoms with Gasteiger partial charge in [0.1, 0.15) is 0 Å². The highest BCUT2D eigenvalue weighted by atomic mass is 16.5. The molecule has 0 aliphatic carbocycles. The van der Waals surface area contributed by atoms with Gasteiger partial charge < -0.3 is 20.3 Å². The van der Waals surface area contributed by atoms with E-state index in [1.165, 1.54) is 0 Å². The lowest BCUT2D eigenvalue weighted by Crippen LogP contribution is -2.30. The first-order valence-electron chi connectivity index (χ1n) is 4.34. The van der Waals surface area contributed by atoms with Gasteiger partial charge in [0.2, 0.25) is 0 Å². The van der Waals surface area contributed by atoms with Crippen molar-refractivity contribution in [2.45, 2.75) is 6.04 Å². The van der Waals surface area contributed by atoms with Crippen molar-refractivity contribution in [1.82, 2.24) is 0 Å². The molecule has 0 aromatic carbocycles. The number of rotatable bonds is 9. The summed E-state index contributed by atoms with van der Waals surface area (Å²) in [5.41, 5.74) is 13.3. The molecule has 0 fully saturated rings. The highest BCUT2D eigenvalue weighted by molar-refractivity contribution is 4.55. The molecule has 0 bridgehead atoms. The van der Waals surface area contributed by atoms with Crippen LogP contribution >= 0.6 is 0 Å². The van der Waals surface area contributed by atoms with Gasteiger partial charge in [-0.1, -0.05) is 5.11 Å². The van der Waals surface area contributed by atoms with Gasteiger partial charge in [-0.05, 0) is 5.53 Å². The Bertz CT molecular complexity index is 172. The first-order valence-corrected chi connectivity index (χ1v) is 4.34. The van der Waals surface area contributed by atoms with Crippen molar-refractivity contribution in [3.05, 3.63) is 10.4 Å². The van der Waals surface area contributed by atoms with Crippen molar-refractivity contribution in [3.63, 3.8) is 0 Å². The molecule has 0 radical (unpaired) electrons. The van der Waals surface area contributed by atoms with Crippen molar-refractivity contribution < 1.29 is 14.6 Å². The topological polar surface area (TPSA) is 113 Å². The number of nitrogens with zero attached hydrogens (tertiary/aromatic N) is 3. The quantitative estimate of drug-likeness (QED) is 0.231. The van der Waals surface area contributed by atoms with Crippen LogP contribution in [0.2, 0.25) is 0 Å². The molecular formula is C7H16N4O3. The minimum atomic E-state index is -0.335. The summed E-state index contributed by atoms with van der Waals surface area (Å²) in [5, 5.41) is 11.8. The predicted octanol–water partition coefficient (Wildman–Crippen LogP) is -0.350. The van der Waals surface area contributed by atoms with E-state index in [1.54, 1.807) is 0 Å². The van der Waals surface area contributed by atoms with Crippen LogP contribution in [0.15, 0.2) is 5.11 Å². The monoisotopic (exact) mass is 204 g/mol. The van der Waals surface area contributed by atoms with Crippen molar-refractivity contribution in [1.29, 1.82) is 0 Å². The van der Waals surface area contributed by atoms with Gasteiger partial charge in [0.25, 0.3) is 0 Å². The molecule has 0 saturated carbocycles. The van der Waals surface area contributed by atoms with Crippen molar-refractivity contribution in [2.75, 3.05) is 39.6 Å². The molecule has 82 valence electrons. The Morgan fingerprint density at radius 2 is 2.07 bits per heavy atom. The normalized spacial score (nSPS) is 12.1. The van der Waals surface area contributed by atoms with Gasteiger partial charge in [-0.3, -0.25) is 0 Å². The molecule has 7 nitrogen and oxygen atoms in total. The minimum absolute atomic E-state index is 0.0856. The number of aliphatic hydroxyl groups excluding tert-OH is 1. The maximum atomic E-state index is 8.55. The molecule has 0 heterocycles. The lowest BCUT2D eigenvalue weighted by Gasteiger charge is -2.08. The highest BCUT2D eigenvalue weighted by Gasteiger charge is 1.98. The highest BCUT2D eigenvalue weighted by Crippen LogP contribution is 1.83. The number of aliphatic hydroxyl groups is 1. The molecule has 7 heteroatoms. The standard InChI is InChI=1S/C7H16N4O3/c8-7(5-12)6-14-4-3-13-2-1-10-11-9/h7,12H,1-6,8H2. The molecule has 0 amide bonds. The molecule has 0 spiro atoms. The molecular weight excluding hydrogens is 188 g/mol. The van der Waals surface area contributed by atoms with E-state index in [9.17, 15) is 0 Å². The Morgan fingerprint density at radius 1 is 1.36 bits per heavy atom. The molecule has 0 rings (SSSR count). The van der Waals surface area contributed by atoms with Gasteiger partial charge in [0.15, 0.2) is 0 Å². The second-order valence-electron chi connectivity index (χ2n) is 2.58. The third kappa shape index (κ3) is 9.24. The number of hydrogen-bond donors (Lipinski definition) is 2. The summed E-state index contributed by atoms with van der Waals surface area (Å²) in [7, 11) is 0. The van der Waals surface area contributed by atoms with Gasteiger partial charge in [-0.15, -0.1) is 0 Å². The fraction of sp³-hybridized carbons (Fsp3) is 1.00.